The number of benzene rings is 1. The molecule has 0 spiro atoms. The van der Waals surface area contributed by atoms with E-state index in [0.717, 1.165) is 15.6 Å². The lowest BCUT2D eigenvalue weighted by Crippen LogP contribution is -1.98. The molecule has 0 saturated heterocycles. The molecular weight excluding hydrogens is 277 g/mol. The van der Waals surface area contributed by atoms with Crippen molar-refractivity contribution in [1.82, 2.24) is 4.98 Å². The average Bonchev–Trinajstić information content (AvgIpc) is 2.69. The maximum Gasteiger partial charge on any atom is 0.107 e. The third-order valence-electron chi connectivity index (χ3n) is 2.19. The van der Waals surface area contributed by atoms with Gasteiger partial charge in [-0.1, -0.05) is 33.6 Å². The van der Waals surface area contributed by atoms with Crippen LogP contribution in [-0.4, -0.2) is 10.1 Å². The van der Waals surface area contributed by atoms with Gasteiger partial charge in [0.15, 0.2) is 0 Å². The Hall–Kier alpha value is -0.770. The first-order valence-electron chi connectivity index (χ1n) is 4.44. The Morgan fingerprint density at radius 2 is 2.13 bits per heavy atom. The van der Waals surface area contributed by atoms with Crippen LogP contribution in [0.1, 0.15) is 17.2 Å². The summed E-state index contributed by atoms with van der Waals surface area (Å²) in [5.74, 6) is 0. The zero-order valence-corrected chi connectivity index (χ0v) is 10.1. The number of aliphatic hydroxyl groups is 1. The number of aromatic nitrogens is 1. The number of aromatic amines is 1. The molecule has 0 aliphatic heterocycles. The van der Waals surface area contributed by atoms with E-state index in [1.807, 2.05) is 12.1 Å². The lowest BCUT2D eigenvalue weighted by molar-refractivity contribution is 0.219. The Bertz CT molecular complexity index is 456. The van der Waals surface area contributed by atoms with Gasteiger partial charge < -0.3 is 10.1 Å². The van der Waals surface area contributed by atoms with E-state index in [1.165, 1.54) is 0 Å². The fraction of sp³-hybridized carbons (Fsp3) is 0.0909. The third-order valence-corrected chi connectivity index (χ3v) is 3.12. The van der Waals surface area contributed by atoms with Crippen LogP contribution < -0.4 is 0 Å². The molecule has 2 N–H and O–H groups in total. The highest BCUT2D eigenvalue weighted by Gasteiger charge is 2.13. The van der Waals surface area contributed by atoms with Crippen molar-refractivity contribution in [2.45, 2.75) is 6.10 Å². The van der Waals surface area contributed by atoms with Crippen LogP contribution in [0, 0.1) is 0 Å². The highest BCUT2D eigenvalue weighted by molar-refractivity contribution is 9.10. The summed E-state index contributed by atoms with van der Waals surface area (Å²) < 4.78 is 0.809. The Kier molecular flexibility index (Phi) is 3.14. The van der Waals surface area contributed by atoms with Crippen LogP contribution in [0.4, 0.5) is 0 Å². The van der Waals surface area contributed by atoms with E-state index in [0.29, 0.717) is 5.02 Å². The molecule has 0 amide bonds. The number of nitrogens with one attached hydrogen (secondary N) is 1. The Morgan fingerprint density at radius 3 is 2.73 bits per heavy atom. The zero-order valence-electron chi connectivity index (χ0n) is 7.74. The number of hydrogen-bond donors (Lipinski definition) is 2. The summed E-state index contributed by atoms with van der Waals surface area (Å²) >= 11 is 9.21. The molecule has 1 atom stereocenters. The molecule has 1 aromatic heterocycles. The van der Waals surface area contributed by atoms with E-state index in [-0.39, 0.29) is 0 Å². The van der Waals surface area contributed by atoms with Crippen molar-refractivity contribution < 1.29 is 5.11 Å². The molecular formula is C11H9BrClNO. The predicted octanol–water partition coefficient (Wildman–Crippen LogP) is 3.51. The normalized spacial score (nSPS) is 12.7. The van der Waals surface area contributed by atoms with Crippen molar-refractivity contribution in [1.29, 1.82) is 0 Å². The molecule has 1 heterocycles. The fourth-order valence-electron chi connectivity index (χ4n) is 1.41. The zero-order chi connectivity index (χ0) is 10.8. The second-order valence-electron chi connectivity index (χ2n) is 3.21. The quantitative estimate of drug-likeness (QED) is 0.871. The van der Waals surface area contributed by atoms with Gasteiger partial charge in [-0.15, -0.1) is 0 Å². The van der Waals surface area contributed by atoms with Crippen LogP contribution in [0.25, 0.3) is 0 Å². The molecule has 78 valence electrons. The molecule has 0 fully saturated rings. The molecule has 0 saturated carbocycles. The highest BCUT2D eigenvalue weighted by Crippen LogP contribution is 2.30. The van der Waals surface area contributed by atoms with Crippen LogP contribution in [0.3, 0.4) is 0 Å². The van der Waals surface area contributed by atoms with Crippen molar-refractivity contribution in [3.8, 4) is 0 Å². The predicted molar refractivity (Wildman–Crippen MR) is 64.0 cm³/mol. The van der Waals surface area contributed by atoms with Gasteiger partial charge in [-0.3, -0.25) is 0 Å². The van der Waals surface area contributed by atoms with Gasteiger partial charge in [0.25, 0.3) is 0 Å². The second kappa shape index (κ2) is 4.39. The van der Waals surface area contributed by atoms with E-state index in [2.05, 4.69) is 20.9 Å². The number of aliphatic hydroxyl groups excluding tert-OH is 1. The molecule has 2 nitrogen and oxygen atoms in total. The molecule has 0 aliphatic carbocycles. The number of rotatable bonds is 2. The molecule has 1 aromatic carbocycles. The topological polar surface area (TPSA) is 36.0 Å². The van der Waals surface area contributed by atoms with Gasteiger partial charge in [-0.2, -0.15) is 0 Å². The van der Waals surface area contributed by atoms with Crippen LogP contribution in [-0.2, 0) is 0 Å². The second-order valence-corrected chi connectivity index (χ2v) is 4.50. The van der Waals surface area contributed by atoms with Crippen LogP contribution in [0.15, 0.2) is 41.1 Å². The fourth-order valence-corrected chi connectivity index (χ4v) is 2.31. The van der Waals surface area contributed by atoms with Crippen LogP contribution in [0.2, 0.25) is 5.02 Å². The first-order chi connectivity index (χ1) is 7.18. The minimum atomic E-state index is -0.636. The molecule has 0 aliphatic rings. The Balaban J connectivity index is 2.38. The summed E-state index contributed by atoms with van der Waals surface area (Å²) in [7, 11) is 0. The van der Waals surface area contributed by atoms with Crippen molar-refractivity contribution >= 4 is 27.5 Å². The molecule has 0 radical (unpaired) electrons. The third kappa shape index (κ3) is 2.25. The van der Waals surface area contributed by atoms with Gasteiger partial charge in [0.05, 0.1) is 0 Å². The number of hydrogen-bond acceptors (Lipinski definition) is 1. The molecule has 15 heavy (non-hydrogen) atoms. The summed E-state index contributed by atoms with van der Waals surface area (Å²) in [5, 5.41) is 10.7. The van der Waals surface area contributed by atoms with Gasteiger partial charge in [0.2, 0.25) is 0 Å². The smallest absolute Gasteiger partial charge is 0.107 e. The minimum absolute atomic E-state index is 0.636. The lowest BCUT2D eigenvalue weighted by Gasteiger charge is -2.11. The van der Waals surface area contributed by atoms with E-state index >= 15 is 0 Å². The first kappa shape index (κ1) is 10.7. The number of H-pyrrole nitrogens is 1. The maximum atomic E-state index is 10.1. The Morgan fingerprint density at radius 1 is 1.33 bits per heavy atom. The molecule has 1 unspecified atom stereocenters. The van der Waals surface area contributed by atoms with Crippen LogP contribution >= 0.6 is 27.5 Å². The maximum absolute atomic E-state index is 10.1. The van der Waals surface area contributed by atoms with Gasteiger partial charge in [0, 0.05) is 27.5 Å². The lowest BCUT2D eigenvalue weighted by atomic mass is 10.0. The van der Waals surface area contributed by atoms with E-state index in [4.69, 9.17) is 11.6 Å². The van der Waals surface area contributed by atoms with Gasteiger partial charge in [-0.25, -0.2) is 0 Å². The summed E-state index contributed by atoms with van der Waals surface area (Å²) in [5.41, 5.74) is 1.64. The molecule has 4 heteroatoms. The summed E-state index contributed by atoms with van der Waals surface area (Å²) in [6, 6.07) is 7.18. The van der Waals surface area contributed by atoms with E-state index < -0.39 is 6.10 Å². The van der Waals surface area contributed by atoms with Gasteiger partial charge in [0.1, 0.15) is 6.10 Å². The summed E-state index contributed by atoms with van der Waals surface area (Å²) in [6.07, 6.45) is 2.91. The van der Waals surface area contributed by atoms with Crippen molar-refractivity contribution in [3.05, 3.63) is 57.3 Å². The van der Waals surface area contributed by atoms with Crippen molar-refractivity contribution in [2.75, 3.05) is 0 Å². The monoisotopic (exact) mass is 285 g/mol. The standard InChI is InChI=1S/C11H9BrClNO/c12-10-5-8(13)1-2-9(10)11(15)7-3-4-14-6-7/h1-6,11,14-15H. The minimum Gasteiger partial charge on any atom is -0.384 e. The number of halogens is 2. The first-order valence-corrected chi connectivity index (χ1v) is 5.61. The molecule has 2 rings (SSSR count). The van der Waals surface area contributed by atoms with Crippen molar-refractivity contribution in [3.63, 3.8) is 0 Å². The van der Waals surface area contributed by atoms with Gasteiger partial charge in [-0.05, 0) is 23.8 Å². The summed E-state index contributed by atoms with van der Waals surface area (Å²) in [6.45, 7) is 0. The van der Waals surface area contributed by atoms with E-state index in [9.17, 15) is 5.11 Å². The average molecular weight is 287 g/mol. The largest absolute Gasteiger partial charge is 0.384 e. The highest BCUT2D eigenvalue weighted by atomic mass is 79.9. The van der Waals surface area contributed by atoms with E-state index in [1.54, 1.807) is 24.5 Å². The SMILES string of the molecule is OC(c1cc[nH]c1)c1ccc(Cl)cc1Br. The molecule has 0 bridgehead atoms. The van der Waals surface area contributed by atoms with Crippen LogP contribution in [0.5, 0.6) is 0 Å². The van der Waals surface area contributed by atoms with Gasteiger partial charge >= 0.3 is 0 Å². The molecule has 2 aromatic rings. The Labute approximate surface area is 101 Å². The summed E-state index contributed by atoms with van der Waals surface area (Å²) in [4.78, 5) is 2.91. The van der Waals surface area contributed by atoms with Crippen molar-refractivity contribution in [2.24, 2.45) is 0 Å².